The first-order valence-electron chi connectivity index (χ1n) is 6.68. The lowest BCUT2D eigenvalue weighted by molar-refractivity contribution is 0.173. The highest BCUT2D eigenvalue weighted by Gasteiger charge is 2.15. The predicted molar refractivity (Wildman–Crippen MR) is 74.4 cm³/mol. The van der Waals surface area contributed by atoms with Gasteiger partial charge >= 0.3 is 0 Å². The standard InChI is InChI=1S/C14H22O4S/c1-3-5-6-11-18-19(16,17)13-9-7-12(8-10-13)14(15)4-2/h7-10,14-15H,3-6,11H2,1-2H3. The van der Waals surface area contributed by atoms with Gasteiger partial charge in [0.1, 0.15) is 0 Å². The van der Waals surface area contributed by atoms with Crippen LogP contribution in [0.5, 0.6) is 0 Å². The Morgan fingerprint density at radius 2 is 1.79 bits per heavy atom. The molecule has 0 heterocycles. The lowest BCUT2D eigenvalue weighted by atomic mass is 10.1. The maximum atomic E-state index is 11.9. The van der Waals surface area contributed by atoms with Crippen molar-refractivity contribution in [1.29, 1.82) is 0 Å². The fourth-order valence-corrected chi connectivity index (χ4v) is 2.62. The van der Waals surface area contributed by atoms with E-state index in [1.165, 1.54) is 12.1 Å². The van der Waals surface area contributed by atoms with Gasteiger partial charge in [0.2, 0.25) is 0 Å². The molecular weight excluding hydrogens is 264 g/mol. The molecule has 1 atom stereocenters. The van der Waals surface area contributed by atoms with Gasteiger partial charge in [0.25, 0.3) is 10.1 Å². The van der Waals surface area contributed by atoms with Crippen molar-refractivity contribution < 1.29 is 17.7 Å². The molecule has 19 heavy (non-hydrogen) atoms. The third-order valence-electron chi connectivity index (χ3n) is 2.93. The average molecular weight is 286 g/mol. The minimum absolute atomic E-state index is 0.135. The zero-order valence-corrected chi connectivity index (χ0v) is 12.3. The summed E-state index contributed by atoms with van der Waals surface area (Å²) in [5.41, 5.74) is 0.715. The second-order valence-corrected chi connectivity index (χ2v) is 6.09. The van der Waals surface area contributed by atoms with Crippen molar-refractivity contribution in [2.24, 2.45) is 0 Å². The molecule has 0 amide bonds. The minimum atomic E-state index is -3.67. The zero-order chi connectivity index (χ0) is 14.3. The summed E-state index contributed by atoms with van der Waals surface area (Å²) in [6, 6.07) is 6.19. The van der Waals surface area contributed by atoms with E-state index in [-0.39, 0.29) is 11.5 Å². The van der Waals surface area contributed by atoms with Crippen molar-refractivity contribution in [2.45, 2.75) is 50.5 Å². The van der Waals surface area contributed by atoms with Crippen LogP contribution in [0.1, 0.15) is 51.2 Å². The number of hydrogen-bond donors (Lipinski definition) is 1. The van der Waals surface area contributed by atoms with Crippen LogP contribution in [0.2, 0.25) is 0 Å². The Balaban J connectivity index is 2.68. The van der Waals surface area contributed by atoms with Crippen LogP contribution in [0, 0.1) is 0 Å². The van der Waals surface area contributed by atoms with Crippen LogP contribution in [0.15, 0.2) is 29.2 Å². The third kappa shape index (κ3) is 4.93. The van der Waals surface area contributed by atoms with Crippen LogP contribution in [-0.2, 0) is 14.3 Å². The molecule has 0 aliphatic carbocycles. The molecule has 0 aliphatic rings. The van der Waals surface area contributed by atoms with Crippen LogP contribution >= 0.6 is 0 Å². The number of hydrogen-bond acceptors (Lipinski definition) is 4. The van der Waals surface area contributed by atoms with E-state index >= 15 is 0 Å². The van der Waals surface area contributed by atoms with Crippen LogP contribution < -0.4 is 0 Å². The first kappa shape index (κ1) is 16.1. The molecule has 1 aromatic rings. The Kier molecular flexibility index (Phi) is 6.48. The molecule has 0 aliphatic heterocycles. The number of aliphatic hydroxyl groups excluding tert-OH is 1. The monoisotopic (exact) mass is 286 g/mol. The van der Waals surface area contributed by atoms with Gasteiger partial charge in [0.05, 0.1) is 17.6 Å². The lowest BCUT2D eigenvalue weighted by Gasteiger charge is -2.09. The van der Waals surface area contributed by atoms with Crippen molar-refractivity contribution in [3.05, 3.63) is 29.8 Å². The predicted octanol–water partition coefficient (Wildman–Crippen LogP) is 3.03. The molecule has 0 spiro atoms. The number of unbranched alkanes of at least 4 members (excludes halogenated alkanes) is 2. The van der Waals surface area contributed by atoms with Crippen molar-refractivity contribution in [1.82, 2.24) is 0 Å². The molecule has 1 N–H and O–H groups in total. The van der Waals surface area contributed by atoms with Gasteiger partial charge in [-0.3, -0.25) is 4.18 Å². The van der Waals surface area contributed by atoms with Crippen molar-refractivity contribution >= 4 is 10.1 Å². The lowest BCUT2D eigenvalue weighted by Crippen LogP contribution is -2.08. The first-order chi connectivity index (χ1) is 9.01. The summed E-state index contributed by atoms with van der Waals surface area (Å²) in [7, 11) is -3.67. The first-order valence-corrected chi connectivity index (χ1v) is 8.09. The van der Waals surface area contributed by atoms with E-state index < -0.39 is 16.2 Å². The second-order valence-electron chi connectivity index (χ2n) is 4.48. The van der Waals surface area contributed by atoms with Crippen LogP contribution in [0.3, 0.4) is 0 Å². The maximum absolute atomic E-state index is 11.9. The average Bonchev–Trinajstić information content (AvgIpc) is 2.43. The minimum Gasteiger partial charge on any atom is -0.388 e. The van der Waals surface area contributed by atoms with E-state index in [1.54, 1.807) is 12.1 Å². The molecule has 0 saturated heterocycles. The molecule has 0 fully saturated rings. The van der Waals surface area contributed by atoms with Crippen LogP contribution in [-0.4, -0.2) is 20.1 Å². The van der Waals surface area contributed by atoms with E-state index in [1.807, 2.05) is 13.8 Å². The van der Waals surface area contributed by atoms with Gasteiger partial charge in [-0.2, -0.15) is 8.42 Å². The van der Waals surface area contributed by atoms with E-state index in [0.29, 0.717) is 12.0 Å². The summed E-state index contributed by atoms with van der Waals surface area (Å²) < 4.78 is 28.7. The molecule has 0 aromatic heterocycles. The van der Waals surface area contributed by atoms with Gasteiger partial charge in [-0.05, 0) is 30.5 Å². The Morgan fingerprint density at radius 1 is 1.16 bits per heavy atom. The van der Waals surface area contributed by atoms with Crippen LogP contribution in [0.25, 0.3) is 0 Å². The molecule has 4 nitrogen and oxygen atoms in total. The summed E-state index contributed by atoms with van der Waals surface area (Å²) in [6.07, 6.45) is 2.76. The highest BCUT2D eigenvalue weighted by Crippen LogP contribution is 2.19. The summed E-state index contributed by atoms with van der Waals surface area (Å²) in [6.45, 7) is 4.13. The SMILES string of the molecule is CCCCCOS(=O)(=O)c1ccc(C(O)CC)cc1. The summed E-state index contributed by atoms with van der Waals surface area (Å²) in [5, 5.41) is 9.64. The third-order valence-corrected chi connectivity index (χ3v) is 4.25. The fraction of sp³-hybridized carbons (Fsp3) is 0.571. The molecule has 1 unspecified atom stereocenters. The summed E-state index contributed by atoms with van der Waals surface area (Å²) in [5.74, 6) is 0. The smallest absolute Gasteiger partial charge is 0.296 e. The maximum Gasteiger partial charge on any atom is 0.296 e. The number of rotatable bonds is 8. The summed E-state index contributed by atoms with van der Waals surface area (Å²) >= 11 is 0. The molecule has 1 rings (SSSR count). The molecule has 1 aromatic carbocycles. The van der Waals surface area contributed by atoms with Gasteiger partial charge in [-0.15, -0.1) is 0 Å². The van der Waals surface area contributed by atoms with Gasteiger partial charge in [0, 0.05) is 0 Å². The largest absolute Gasteiger partial charge is 0.388 e. The van der Waals surface area contributed by atoms with Crippen molar-refractivity contribution in [3.8, 4) is 0 Å². The Morgan fingerprint density at radius 3 is 2.32 bits per heavy atom. The van der Waals surface area contributed by atoms with Crippen molar-refractivity contribution in [2.75, 3.05) is 6.61 Å². The van der Waals surface area contributed by atoms with Gasteiger partial charge in [-0.25, -0.2) is 0 Å². The molecular formula is C14H22O4S. The summed E-state index contributed by atoms with van der Waals surface area (Å²) in [4.78, 5) is 0.135. The normalized spacial score (nSPS) is 13.4. The van der Waals surface area contributed by atoms with E-state index in [2.05, 4.69) is 0 Å². The van der Waals surface area contributed by atoms with Gasteiger partial charge in [0.15, 0.2) is 0 Å². The topological polar surface area (TPSA) is 63.6 Å². The van der Waals surface area contributed by atoms with E-state index in [4.69, 9.17) is 4.18 Å². The quantitative estimate of drug-likeness (QED) is 0.589. The van der Waals surface area contributed by atoms with Crippen LogP contribution in [0.4, 0.5) is 0 Å². The molecule has 108 valence electrons. The molecule has 0 radical (unpaired) electrons. The Bertz CT molecular complexity index is 465. The molecule has 0 bridgehead atoms. The molecule has 0 saturated carbocycles. The molecule has 5 heteroatoms. The van der Waals surface area contributed by atoms with Gasteiger partial charge in [-0.1, -0.05) is 38.8 Å². The second kappa shape index (κ2) is 7.62. The van der Waals surface area contributed by atoms with E-state index in [9.17, 15) is 13.5 Å². The van der Waals surface area contributed by atoms with Crippen molar-refractivity contribution in [3.63, 3.8) is 0 Å². The number of aliphatic hydroxyl groups is 1. The number of benzene rings is 1. The Hall–Kier alpha value is -0.910. The van der Waals surface area contributed by atoms with Gasteiger partial charge < -0.3 is 5.11 Å². The fourth-order valence-electron chi connectivity index (χ4n) is 1.68. The van der Waals surface area contributed by atoms with E-state index in [0.717, 1.165) is 19.3 Å². The highest BCUT2D eigenvalue weighted by molar-refractivity contribution is 7.86. The Labute approximate surface area is 115 Å². The highest BCUT2D eigenvalue weighted by atomic mass is 32.2. The zero-order valence-electron chi connectivity index (χ0n) is 11.5.